The van der Waals surface area contributed by atoms with Crippen LogP contribution in [0.2, 0.25) is 0 Å². The van der Waals surface area contributed by atoms with E-state index >= 15 is 0 Å². The van der Waals surface area contributed by atoms with Crippen LogP contribution in [0.4, 0.5) is 0 Å². The Bertz CT molecular complexity index is 926. The summed E-state index contributed by atoms with van der Waals surface area (Å²) in [6.45, 7) is 0.925. The van der Waals surface area contributed by atoms with Crippen LogP contribution in [0.25, 0.3) is 11.5 Å². The van der Waals surface area contributed by atoms with Gasteiger partial charge in [0.25, 0.3) is 0 Å². The molecule has 0 aromatic carbocycles. The maximum Gasteiger partial charge on any atom is 0.340 e. The quantitative estimate of drug-likeness (QED) is 0.713. The van der Waals surface area contributed by atoms with E-state index in [4.69, 9.17) is 4.42 Å². The zero-order valence-electron chi connectivity index (χ0n) is 12.7. The Morgan fingerprint density at radius 2 is 2.33 bits per heavy atom. The maximum absolute atomic E-state index is 12.3. The zero-order valence-corrected chi connectivity index (χ0v) is 12.7. The minimum absolute atomic E-state index is 0.0430. The standard InChI is InChI=1S/C15H14N6O3/c22-13(6-12-18-15(23)20-19-12)21-5-3-11-10(8-21)17-14(24-11)9-2-1-4-16-7-9/h1-2,4,7H,3,5-6,8H2,(H2,18,19,20,23). The molecule has 9 nitrogen and oxygen atoms in total. The summed E-state index contributed by atoms with van der Waals surface area (Å²) in [5, 5.41) is 6.01. The van der Waals surface area contributed by atoms with Crippen LogP contribution in [0, 0.1) is 0 Å². The van der Waals surface area contributed by atoms with Gasteiger partial charge < -0.3 is 9.32 Å². The number of pyridine rings is 1. The van der Waals surface area contributed by atoms with Gasteiger partial charge in [-0.05, 0) is 12.1 Å². The number of carbonyl (C=O) groups excluding carboxylic acids is 1. The molecule has 0 saturated carbocycles. The minimum Gasteiger partial charge on any atom is -0.441 e. The van der Waals surface area contributed by atoms with Crippen molar-refractivity contribution in [3.63, 3.8) is 0 Å². The van der Waals surface area contributed by atoms with Gasteiger partial charge in [0.15, 0.2) is 0 Å². The van der Waals surface area contributed by atoms with Crippen LogP contribution in [-0.4, -0.2) is 42.5 Å². The third-order valence-corrected chi connectivity index (χ3v) is 3.86. The van der Waals surface area contributed by atoms with Gasteiger partial charge in [-0.2, -0.15) is 5.10 Å². The number of hydrogen-bond donors (Lipinski definition) is 2. The van der Waals surface area contributed by atoms with E-state index in [0.717, 1.165) is 17.0 Å². The van der Waals surface area contributed by atoms with Crippen molar-refractivity contribution >= 4 is 5.91 Å². The number of rotatable bonds is 3. The molecule has 0 saturated heterocycles. The first kappa shape index (κ1) is 14.4. The second-order valence-electron chi connectivity index (χ2n) is 5.50. The molecule has 0 unspecified atom stereocenters. The van der Waals surface area contributed by atoms with Crippen molar-refractivity contribution in [1.29, 1.82) is 0 Å². The summed E-state index contributed by atoms with van der Waals surface area (Å²) in [5.74, 6) is 1.52. The van der Waals surface area contributed by atoms with Gasteiger partial charge in [0.05, 0.1) is 18.5 Å². The van der Waals surface area contributed by atoms with Crippen LogP contribution in [0.1, 0.15) is 17.3 Å². The normalized spacial score (nSPS) is 13.8. The van der Waals surface area contributed by atoms with E-state index in [9.17, 15) is 9.59 Å². The number of amides is 1. The van der Waals surface area contributed by atoms with Crippen LogP contribution in [0.15, 0.2) is 33.7 Å². The smallest absolute Gasteiger partial charge is 0.340 e. The number of nitrogens with zero attached hydrogens (tertiary/aromatic N) is 4. The molecular formula is C15H14N6O3. The van der Waals surface area contributed by atoms with Crippen LogP contribution in [0.5, 0.6) is 0 Å². The molecule has 0 spiro atoms. The molecular weight excluding hydrogens is 312 g/mol. The summed E-state index contributed by atoms with van der Waals surface area (Å²) >= 11 is 0. The van der Waals surface area contributed by atoms with E-state index < -0.39 is 5.69 Å². The lowest BCUT2D eigenvalue weighted by molar-refractivity contribution is -0.131. The monoisotopic (exact) mass is 326 g/mol. The molecule has 1 amide bonds. The molecule has 122 valence electrons. The third-order valence-electron chi connectivity index (χ3n) is 3.86. The van der Waals surface area contributed by atoms with E-state index in [2.05, 4.69) is 25.1 Å². The number of carbonyl (C=O) groups is 1. The lowest BCUT2D eigenvalue weighted by Gasteiger charge is -2.24. The van der Waals surface area contributed by atoms with E-state index in [1.807, 2.05) is 12.1 Å². The number of aromatic amines is 2. The first-order valence-corrected chi connectivity index (χ1v) is 7.49. The van der Waals surface area contributed by atoms with Crippen molar-refractivity contribution in [2.24, 2.45) is 0 Å². The van der Waals surface area contributed by atoms with Crippen molar-refractivity contribution in [3.8, 4) is 11.5 Å². The lowest BCUT2D eigenvalue weighted by atomic mass is 10.1. The highest BCUT2D eigenvalue weighted by atomic mass is 16.4. The molecule has 0 radical (unpaired) electrons. The number of hydrogen-bond acceptors (Lipinski definition) is 6. The molecule has 1 aliphatic heterocycles. The molecule has 3 aromatic heterocycles. The highest BCUT2D eigenvalue weighted by molar-refractivity contribution is 5.78. The van der Waals surface area contributed by atoms with Gasteiger partial charge in [-0.1, -0.05) is 0 Å². The largest absolute Gasteiger partial charge is 0.441 e. The predicted octanol–water partition coefficient (Wildman–Crippen LogP) is 0.275. The molecule has 0 atom stereocenters. The van der Waals surface area contributed by atoms with Crippen LogP contribution in [0.3, 0.4) is 0 Å². The lowest BCUT2D eigenvalue weighted by Crippen LogP contribution is -2.37. The van der Waals surface area contributed by atoms with Crippen molar-refractivity contribution < 1.29 is 9.21 Å². The topological polar surface area (TPSA) is 121 Å². The van der Waals surface area contributed by atoms with Gasteiger partial charge in [-0.25, -0.2) is 14.9 Å². The Morgan fingerprint density at radius 3 is 3.08 bits per heavy atom. The highest BCUT2D eigenvalue weighted by Gasteiger charge is 2.26. The van der Waals surface area contributed by atoms with Crippen molar-refractivity contribution in [3.05, 3.63) is 52.3 Å². The predicted molar refractivity (Wildman–Crippen MR) is 81.8 cm³/mol. The molecule has 2 N–H and O–H groups in total. The fraction of sp³-hybridized carbons (Fsp3) is 0.267. The molecule has 1 aliphatic rings. The Morgan fingerprint density at radius 1 is 1.42 bits per heavy atom. The highest BCUT2D eigenvalue weighted by Crippen LogP contribution is 2.25. The Hall–Kier alpha value is -3.23. The van der Waals surface area contributed by atoms with E-state index in [1.54, 1.807) is 17.3 Å². The van der Waals surface area contributed by atoms with Gasteiger partial charge in [0.2, 0.25) is 11.8 Å². The molecule has 4 rings (SSSR count). The van der Waals surface area contributed by atoms with Gasteiger partial charge in [0, 0.05) is 25.4 Å². The van der Waals surface area contributed by atoms with Crippen molar-refractivity contribution in [2.75, 3.05) is 6.54 Å². The fourth-order valence-corrected chi connectivity index (χ4v) is 2.67. The first-order chi connectivity index (χ1) is 11.7. The first-order valence-electron chi connectivity index (χ1n) is 7.49. The molecule has 0 bridgehead atoms. The van der Waals surface area contributed by atoms with Gasteiger partial charge in [-0.15, -0.1) is 0 Å². The number of nitrogens with one attached hydrogen (secondary N) is 2. The molecule has 24 heavy (non-hydrogen) atoms. The second-order valence-corrected chi connectivity index (χ2v) is 5.50. The van der Waals surface area contributed by atoms with Crippen LogP contribution < -0.4 is 5.69 Å². The molecule has 3 aromatic rings. The summed E-state index contributed by atoms with van der Waals surface area (Å²) in [5.41, 5.74) is 1.14. The van der Waals surface area contributed by atoms with Crippen LogP contribution in [-0.2, 0) is 24.2 Å². The van der Waals surface area contributed by atoms with Crippen molar-refractivity contribution in [2.45, 2.75) is 19.4 Å². The van der Waals surface area contributed by atoms with E-state index in [-0.39, 0.29) is 12.3 Å². The number of oxazole rings is 1. The second kappa shape index (κ2) is 5.76. The summed E-state index contributed by atoms with van der Waals surface area (Å²) in [6, 6.07) is 3.69. The summed E-state index contributed by atoms with van der Waals surface area (Å²) in [4.78, 5) is 36.1. The van der Waals surface area contributed by atoms with E-state index in [0.29, 0.717) is 31.2 Å². The third kappa shape index (κ3) is 2.71. The number of fused-ring (bicyclic) bond motifs is 1. The summed E-state index contributed by atoms with van der Waals surface area (Å²) in [7, 11) is 0. The number of aromatic nitrogens is 5. The Balaban J connectivity index is 1.50. The SMILES string of the molecule is O=C(Cc1n[nH]c(=O)[nH]1)N1CCc2oc(-c3cccnc3)nc2C1. The van der Waals surface area contributed by atoms with Gasteiger partial charge in [-0.3, -0.25) is 14.8 Å². The maximum atomic E-state index is 12.3. The minimum atomic E-state index is -0.420. The van der Waals surface area contributed by atoms with Crippen molar-refractivity contribution in [1.82, 2.24) is 30.0 Å². The van der Waals surface area contributed by atoms with Gasteiger partial charge >= 0.3 is 5.69 Å². The Labute approximate surface area is 135 Å². The van der Waals surface area contributed by atoms with E-state index in [1.165, 1.54) is 0 Å². The van der Waals surface area contributed by atoms with Crippen LogP contribution >= 0.6 is 0 Å². The molecule has 4 heterocycles. The molecule has 9 heteroatoms. The Kier molecular flexibility index (Phi) is 3.45. The summed E-state index contributed by atoms with van der Waals surface area (Å²) < 4.78 is 5.79. The summed E-state index contributed by atoms with van der Waals surface area (Å²) in [6.07, 6.45) is 4.02. The number of H-pyrrole nitrogens is 2. The van der Waals surface area contributed by atoms with Gasteiger partial charge in [0.1, 0.15) is 17.3 Å². The average Bonchev–Trinajstić information content (AvgIpc) is 3.21. The average molecular weight is 326 g/mol. The zero-order chi connectivity index (χ0) is 16.5. The molecule has 0 aliphatic carbocycles. The molecule has 0 fully saturated rings. The fourth-order valence-electron chi connectivity index (χ4n) is 2.67.